The van der Waals surface area contributed by atoms with Crippen molar-refractivity contribution in [2.24, 2.45) is 0 Å². The van der Waals surface area contributed by atoms with Gasteiger partial charge in [-0.1, -0.05) is 294 Å². The third-order valence-corrected chi connectivity index (χ3v) is 15.1. The standard InChI is InChI=1S/C67H127NO5/c1-3-5-7-9-11-13-15-17-19-21-25-28-31-35-39-43-47-51-55-59-65(70)64(63-69)68-66(71)60-56-52-48-44-40-36-32-29-26-23-22-24-27-30-34-38-42-46-50-54-58-62-73-67(72)61-57-53-49-45-41-37-33-20-18-16-14-12-10-8-6-4-2/h20,23,26,33,55,59,64-65,69-70H,3-19,21-22,24-25,27-32,34-54,56-58,60-63H2,1-2H3,(H,68,71)/b26-23-,33-20-,59-55+. The van der Waals surface area contributed by atoms with Gasteiger partial charge in [0.15, 0.2) is 0 Å². The maximum atomic E-state index is 12.5. The van der Waals surface area contributed by atoms with E-state index in [1.165, 1.54) is 276 Å². The molecule has 0 bridgehead atoms. The van der Waals surface area contributed by atoms with Crippen LogP contribution in [0, 0.1) is 0 Å². The Morgan fingerprint density at radius 1 is 0.370 bits per heavy atom. The lowest BCUT2D eigenvalue weighted by Crippen LogP contribution is -2.45. The number of hydrogen-bond donors (Lipinski definition) is 3. The Balaban J connectivity index is 3.45. The highest BCUT2D eigenvalue weighted by Crippen LogP contribution is 2.17. The molecule has 3 N–H and O–H groups in total. The van der Waals surface area contributed by atoms with Crippen LogP contribution in [0.1, 0.15) is 354 Å². The zero-order chi connectivity index (χ0) is 52.9. The third kappa shape index (κ3) is 59.2. The lowest BCUT2D eigenvalue weighted by molar-refractivity contribution is -0.143. The van der Waals surface area contributed by atoms with Gasteiger partial charge in [-0.05, 0) is 83.5 Å². The largest absolute Gasteiger partial charge is 0.466 e. The van der Waals surface area contributed by atoms with Crippen LogP contribution in [-0.4, -0.2) is 47.4 Å². The van der Waals surface area contributed by atoms with Crippen LogP contribution in [0.4, 0.5) is 0 Å². The molecular weight excluding hydrogens is 899 g/mol. The SMILES string of the molecule is CCCCCCCCC/C=C\CCCCCCCC(=O)OCCCCCCCCCCCC/C=C\CCCCCCCCCC(=O)NC(CO)C(O)/C=C/CCCCCCCCCCCCCCCCCCC. The van der Waals surface area contributed by atoms with E-state index in [0.29, 0.717) is 19.4 Å². The van der Waals surface area contributed by atoms with Crippen LogP contribution in [0.15, 0.2) is 36.5 Å². The molecule has 0 saturated heterocycles. The lowest BCUT2D eigenvalue weighted by atomic mass is 10.0. The summed E-state index contributed by atoms with van der Waals surface area (Å²) in [7, 11) is 0. The van der Waals surface area contributed by atoms with E-state index in [1.54, 1.807) is 6.08 Å². The summed E-state index contributed by atoms with van der Waals surface area (Å²) in [5.74, 6) is -0.0729. The van der Waals surface area contributed by atoms with Crippen LogP contribution in [0.5, 0.6) is 0 Å². The molecule has 0 aromatic rings. The number of unbranched alkanes of at least 4 members (excludes halogenated alkanes) is 46. The molecule has 73 heavy (non-hydrogen) atoms. The second-order valence-corrected chi connectivity index (χ2v) is 22.4. The fourth-order valence-corrected chi connectivity index (χ4v) is 10.1. The summed E-state index contributed by atoms with van der Waals surface area (Å²) in [4.78, 5) is 24.6. The Bertz CT molecular complexity index is 1180. The number of aliphatic hydroxyl groups is 2. The topological polar surface area (TPSA) is 95.9 Å². The van der Waals surface area contributed by atoms with E-state index in [0.717, 1.165) is 51.4 Å². The molecule has 0 aromatic heterocycles. The molecule has 0 saturated carbocycles. The normalized spacial score (nSPS) is 12.8. The molecule has 0 aromatic carbocycles. The minimum Gasteiger partial charge on any atom is -0.466 e. The van der Waals surface area contributed by atoms with Gasteiger partial charge in [-0.3, -0.25) is 9.59 Å². The number of aliphatic hydroxyl groups excluding tert-OH is 2. The highest BCUT2D eigenvalue weighted by atomic mass is 16.5. The number of allylic oxidation sites excluding steroid dienone is 5. The highest BCUT2D eigenvalue weighted by molar-refractivity contribution is 5.76. The van der Waals surface area contributed by atoms with Crippen molar-refractivity contribution >= 4 is 11.9 Å². The highest BCUT2D eigenvalue weighted by Gasteiger charge is 2.18. The van der Waals surface area contributed by atoms with Gasteiger partial charge < -0.3 is 20.3 Å². The molecule has 6 heteroatoms. The van der Waals surface area contributed by atoms with E-state index < -0.39 is 12.1 Å². The van der Waals surface area contributed by atoms with Gasteiger partial charge in [0.05, 0.1) is 25.4 Å². The summed E-state index contributed by atoms with van der Waals surface area (Å²) in [5.41, 5.74) is 0. The number of carbonyl (C=O) groups is 2. The van der Waals surface area contributed by atoms with Crippen molar-refractivity contribution in [3.05, 3.63) is 36.5 Å². The summed E-state index contributed by atoms with van der Waals surface area (Å²) in [6, 6.07) is -0.635. The molecule has 0 heterocycles. The molecule has 6 nitrogen and oxygen atoms in total. The van der Waals surface area contributed by atoms with Crippen LogP contribution in [0.2, 0.25) is 0 Å². The van der Waals surface area contributed by atoms with Crippen molar-refractivity contribution in [3.63, 3.8) is 0 Å². The first-order valence-electron chi connectivity index (χ1n) is 32.8. The molecule has 1 amide bonds. The predicted octanol–water partition coefficient (Wildman–Crippen LogP) is 20.8. The first-order valence-corrected chi connectivity index (χ1v) is 32.8. The smallest absolute Gasteiger partial charge is 0.305 e. The minimum absolute atomic E-state index is 0.000502. The Morgan fingerprint density at radius 3 is 0.973 bits per heavy atom. The Labute approximate surface area is 455 Å². The number of carbonyl (C=O) groups excluding carboxylic acids is 2. The fraction of sp³-hybridized carbons (Fsp3) is 0.881. The van der Waals surface area contributed by atoms with Crippen molar-refractivity contribution in [2.45, 2.75) is 366 Å². The van der Waals surface area contributed by atoms with Crippen LogP contribution >= 0.6 is 0 Å². The van der Waals surface area contributed by atoms with E-state index in [4.69, 9.17) is 4.74 Å². The summed E-state index contributed by atoms with van der Waals surface area (Å²) in [6.45, 7) is 4.91. The van der Waals surface area contributed by atoms with Crippen LogP contribution in [0.3, 0.4) is 0 Å². The summed E-state index contributed by atoms with van der Waals surface area (Å²) >= 11 is 0. The van der Waals surface area contributed by atoms with Gasteiger partial charge in [0, 0.05) is 12.8 Å². The van der Waals surface area contributed by atoms with Crippen LogP contribution in [0.25, 0.3) is 0 Å². The lowest BCUT2D eigenvalue weighted by Gasteiger charge is -2.20. The first-order chi connectivity index (χ1) is 36.0. The van der Waals surface area contributed by atoms with E-state index >= 15 is 0 Å². The van der Waals surface area contributed by atoms with Crippen molar-refractivity contribution in [2.75, 3.05) is 13.2 Å². The van der Waals surface area contributed by atoms with Crippen molar-refractivity contribution in [1.82, 2.24) is 5.32 Å². The molecule has 2 unspecified atom stereocenters. The van der Waals surface area contributed by atoms with Gasteiger partial charge in [-0.15, -0.1) is 0 Å². The average Bonchev–Trinajstić information content (AvgIpc) is 3.39. The molecule has 0 rings (SSSR count). The second kappa shape index (κ2) is 62.6. The quantitative estimate of drug-likeness (QED) is 0.0320. The molecule has 2 atom stereocenters. The van der Waals surface area contributed by atoms with Crippen molar-refractivity contribution in [3.8, 4) is 0 Å². The van der Waals surface area contributed by atoms with Crippen LogP contribution in [-0.2, 0) is 14.3 Å². The van der Waals surface area contributed by atoms with Crippen LogP contribution < -0.4 is 5.32 Å². The molecule has 0 aliphatic heterocycles. The summed E-state index contributed by atoms with van der Waals surface area (Å²) in [5, 5.41) is 23.2. The molecular formula is C67H127NO5. The molecule has 0 aliphatic rings. The maximum absolute atomic E-state index is 12.5. The number of nitrogens with one attached hydrogen (secondary N) is 1. The number of amides is 1. The van der Waals surface area contributed by atoms with Gasteiger partial charge in [-0.25, -0.2) is 0 Å². The Kier molecular flexibility index (Phi) is 61.0. The minimum atomic E-state index is -0.850. The van der Waals surface area contributed by atoms with Crippen molar-refractivity contribution in [1.29, 1.82) is 0 Å². The van der Waals surface area contributed by atoms with Gasteiger partial charge in [-0.2, -0.15) is 0 Å². The zero-order valence-electron chi connectivity index (χ0n) is 49.1. The third-order valence-electron chi connectivity index (χ3n) is 15.1. The molecule has 0 spiro atoms. The summed E-state index contributed by atoms with van der Waals surface area (Å²) in [6.07, 6.45) is 79.0. The average molecular weight is 1030 g/mol. The van der Waals surface area contributed by atoms with E-state index in [9.17, 15) is 19.8 Å². The number of ether oxygens (including phenoxy) is 1. The monoisotopic (exact) mass is 1030 g/mol. The van der Waals surface area contributed by atoms with Gasteiger partial charge in [0.1, 0.15) is 0 Å². The fourth-order valence-electron chi connectivity index (χ4n) is 10.1. The number of hydrogen-bond acceptors (Lipinski definition) is 5. The second-order valence-electron chi connectivity index (χ2n) is 22.4. The maximum Gasteiger partial charge on any atom is 0.305 e. The van der Waals surface area contributed by atoms with E-state index in [-0.39, 0.29) is 18.5 Å². The van der Waals surface area contributed by atoms with Crippen molar-refractivity contribution < 1.29 is 24.5 Å². The van der Waals surface area contributed by atoms with E-state index in [2.05, 4.69) is 43.5 Å². The molecule has 0 radical (unpaired) electrons. The number of esters is 1. The zero-order valence-corrected chi connectivity index (χ0v) is 49.1. The summed E-state index contributed by atoms with van der Waals surface area (Å²) < 4.78 is 5.48. The first kappa shape index (κ1) is 71.1. The predicted molar refractivity (Wildman–Crippen MR) is 319 cm³/mol. The molecule has 0 aliphatic carbocycles. The van der Waals surface area contributed by atoms with Gasteiger partial charge in [0.2, 0.25) is 5.91 Å². The van der Waals surface area contributed by atoms with Gasteiger partial charge >= 0.3 is 5.97 Å². The van der Waals surface area contributed by atoms with E-state index in [1.807, 2.05) is 6.08 Å². The Morgan fingerprint density at radius 2 is 0.644 bits per heavy atom. The van der Waals surface area contributed by atoms with Gasteiger partial charge in [0.25, 0.3) is 0 Å². The molecule has 0 fully saturated rings. The Hall–Kier alpha value is -1.92. The molecule has 430 valence electrons. The number of rotatable bonds is 61.